The molecule has 0 saturated carbocycles. The zero-order valence-corrected chi connectivity index (χ0v) is 22.4. The van der Waals surface area contributed by atoms with E-state index in [1.165, 1.54) is 0 Å². The van der Waals surface area contributed by atoms with Crippen molar-refractivity contribution in [3.8, 4) is 0 Å². The van der Waals surface area contributed by atoms with E-state index in [1.54, 1.807) is 25.1 Å². The Morgan fingerprint density at radius 1 is 1.00 bits per heavy atom. The summed E-state index contributed by atoms with van der Waals surface area (Å²) in [5.74, 6) is -2.38. The van der Waals surface area contributed by atoms with Crippen molar-refractivity contribution in [2.24, 2.45) is 5.73 Å². The molecule has 1 unspecified atom stereocenters. The van der Waals surface area contributed by atoms with Crippen LogP contribution in [-0.2, 0) is 14.4 Å². The molecule has 0 spiro atoms. The lowest BCUT2D eigenvalue weighted by Gasteiger charge is -2.30. The van der Waals surface area contributed by atoms with Gasteiger partial charge in [-0.2, -0.15) is 0 Å². The number of ketones is 1. The molecule has 1 saturated heterocycles. The molecule has 1 aliphatic heterocycles. The zero-order valence-electron chi connectivity index (χ0n) is 22.4. The van der Waals surface area contributed by atoms with Crippen LogP contribution < -0.4 is 21.7 Å². The van der Waals surface area contributed by atoms with Gasteiger partial charge in [0.05, 0.1) is 18.6 Å². The minimum Gasteiger partial charge on any atom is -0.480 e. The number of Topliss-reactive ketones (excluding diaryl/α,β-unsaturated/α-hetero) is 1. The number of carbonyl (C=O) groups excluding carboxylic acids is 2. The molecule has 40 heavy (non-hydrogen) atoms. The van der Waals surface area contributed by atoms with E-state index in [4.69, 9.17) is 11.1 Å². The van der Waals surface area contributed by atoms with Crippen molar-refractivity contribution in [2.75, 3.05) is 13.1 Å². The molecule has 1 amide bonds. The molecule has 0 aromatic heterocycles. The van der Waals surface area contributed by atoms with Gasteiger partial charge in [0.1, 0.15) is 11.9 Å². The van der Waals surface area contributed by atoms with Gasteiger partial charge in [-0.25, -0.2) is 0 Å². The van der Waals surface area contributed by atoms with Crippen molar-refractivity contribution >= 4 is 23.5 Å². The van der Waals surface area contributed by atoms with Gasteiger partial charge in [-0.15, -0.1) is 0 Å². The minimum absolute atomic E-state index is 0.0834. The van der Waals surface area contributed by atoms with Gasteiger partial charge in [-0.1, -0.05) is 78.9 Å². The minimum atomic E-state index is -1.10. The first-order chi connectivity index (χ1) is 19.3. The molecular weight excluding hydrogens is 506 g/mol. The number of hydrogen-bond acceptors (Lipinski definition) is 6. The molecule has 3 aromatic rings. The first-order valence-electron chi connectivity index (χ1n) is 13.3. The fourth-order valence-corrected chi connectivity index (χ4v) is 5.31. The molecule has 7 N–H and O–H groups in total. The van der Waals surface area contributed by atoms with Crippen molar-refractivity contribution in [3.63, 3.8) is 0 Å². The Balaban J connectivity index is 1.74. The van der Waals surface area contributed by atoms with E-state index in [2.05, 4.69) is 16.0 Å². The second-order valence-electron chi connectivity index (χ2n) is 10.0. The van der Waals surface area contributed by atoms with Gasteiger partial charge in [0.2, 0.25) is 5.91 Å². The number of carboxylic acids is 1. The maximum absolute atomic E-state index is 14.1. The Hall–Kier alpha value is -4.34. The summed E-state index contributed by atoms with van der Waals surface area (Å²) in [5, 5.41) is 26.4. The lowest BCUT2D eigenvalue weighted by molar-refractivity contribution is -0.136. The lowest BCUT2D eigenvalue weighted by Crippen LogP contribution is -2.52. The zero-order chi connectivity index (χ0) is 28.6. The summed E-state index contributed by atoms with van der Waals surface area (Å²) in [5.41, 5.74) is 9.19. The van der Waals surface area contributed by atoms with Crippen molar-refractivity contribution in [1.29, 1.82) is 5.41 Å². The average molecular weight is 542 g/mol. The van der Waals surface area contributed by atoms with E-state index in [-0.39, 0.29) is 11.6 Å². The summed E-state index contributed by atoms with van der Waals surface area (Å²) in [6.07, 6.45) is 1.51. The predicted molar refractivity (Wildman–Crippen MR) is 153 cm³/mol. The molecule has 3 aromatic carbocycles. The molecule has 1 aliphatic rings. The number of carboxylic acid groups (broad SMARTS) is 1. The van der Waals surface area contributed by atoms with Crippen molar-refractivity contribution in [2.45, 2.75) is 43.8 Å². The standard InChI is InChI=1S/C31H35N5O4/c1-19-17-22(14-15-23(19)30(32)33)27(29(39)24-13-8-16-34-24)36-31(40)28(35-18-25(37)38)26(20-9-4-2-5-10-20)21-11-6-3-7-12-21/h2-7,9-12,14-15,17,24,26-28,34-35H,8,13,16,18H2,1H3,(H3,32,33)(H,36,40)(H,37,38)/t24-,27?,28+/m0/s1. The summed E-state index contributed by atoms with van der Waals surface area (Å²) in [4.78, 5) is 39.5. The van der Waals surface area contributed by atoms with Gasteiger partial charge in [-0.3, -0.25) is 25.1 Å². The third kappa shape index (κ3) is 6.80. The van der Waals surface area contributed by atoms with Crippen LogP contribution in [0.4, 0.5) is 0 Å². The van der Waals surface area contributed by atoms with Crippen LogP contribution >= 0.6 is 0 Å². The van der Waals surface area contributed by atoms with E-state index in [9.17, 15) is 19.5 Å². The second-order valence-corrected chi connectivity index (χ2v) is 10.0. The van der Waals surface area contributed by atoms with Crippen LogP contribution in [0.25, 0.3) is 0 Å². The number of nitrogen functional groups attached to an aromatic ring is 1. The van der Waals surface area contributed by atoms with Gasteiger partial charge in [0, 0.05) is 11.5 Å². The Labute approximate surface area is 233 Å². The van der Waals surface area contributed by atoms with Crippen LogP contribution in [0.2, 0.25) is 0 Å². The molecule has 9 heteroatoms. The molecule has 0 radical (unpaired) electrons. The SMILES string of the molecule is Cc1cc(C(NC(=O)[C@H](NCC(=O)O)C(c2ccccc2)c2ccccc2)C(=O)[C@@H]2CCCN2)ccc1C(=N)N. The van der Waals surface area contributed by atoms with Gasteiger partial charge >= 0.3 is 5.97 Å². The van der Waals surface area contributed by atoms with Gasteiger partial charge < -0.3 is 21.5 Å². The topological polar surface area (TPSA) is 157 Å². The average Bonchev–Trinajstić information content (AvgIpc) is 3.49. The second kappa shape index (κ2) is 13.1. The Morgan fingerprint density at radius 3 is 2.12 bits per heavy atom. The molecule has 208 valence electrons. The number of nitrogens with one attached hydrogen (secondary N) is 4. The number of nitrogens with two attached hydrogens (primary N) is 1. The number of aryl methyl sites for hydroxylation is 1. The van der Waals surface area contributed by atoms with E-state index in [0.29, 0.717) is 29.7 Å². The smallest absolute Gasteiger partial charge is 0.317 e. The maximum atomic E-state index is 14.1. The van der Waals surface area contributed by atoms with Gasteiger partial charge in [-0.05, 0) is 48.6 Å². The number of amidine groups is 1. The largest absolute Gasteiger partial charge is 0.480 e. The third-order valence-electron chi connectivity index (χ3n) is 7.26. The Bertz CT molecular complexity index is 1320. The Kier molecular flexibility index (Phi) is 9.42. The highest BCUT2D eigenvalue weighted by Gasteiger charge is 2.36. The summed E-state index contributed by atoms with van der Waals surface area (Å²) >= 11 is 0. The monoisotopic (exact) mass is 541 g/mol. The van der Waals surface area contributed by atoms with Crippen LogP contribution in [0.1, 0.15) is 52.6 Å². The lowest BCUT2D eigenvalue weighted by atomic mass is 9.84. The summed E-state index contributed by atoms with van der Waals surface area (Å²) in [6, 6.07) is 21.6. The van der Waals surface area contributed by atoms with Crippen LogP contribution in [0.15, 0.2) is 78.9 Å². The van der Waals surface area contributed by atoms with E-state index in [1.807, 2.05) is 60.7 Å². The van der Waals surface area contributed by atoms with E-state index in [0.717, 1.165) is 17.5 Å². The number of aliphatic carboxylic acids is 1. The highest BCUT2D eigenvalue weighted by atomic mass is 16.4. The first-order valence-corrected chi connectivity index (χ1v) is 13.3. The molecule has 4 rings (SSSR count). The number of rotatable bonds is 12. The quantitative estimate of drug-likeness (QED) is 0.152. The van der Waals surface area contributed by atoms with Crippen LogP contribution in [0.5, 0.6) is 0 Å². The molecule has 9 nitrogen and oxygen atoms in total. The normalized spacial score (nSPS) is 16.3. The third-order valence-corrected chi connectivity index (χ3v) is 7.26. The highest BCUT2D eigenvalue weighted by molar-refractivity contribution is 5.98. The van der Waals surface area contributed by atoms with Crippen LogP contribution in [-0.4, -0.2) is 53.8 Å². The maximum Gasteiger partial charge on any atom is 0.317 e. The van der Waals surface area contributed by atoms with Crippen LogP contribution in [0.3, 0.4) is 0 Å². The van der Waals surface area contributed by atoms with E-state index < -0.39 is 42.5 Å². The van der Waals surface area contributed by atoms with Crippen molar-refractivity contribution < 1.29 is 19.5 Å². The number of amides is 1. The molecular formula is C31H35N5O4. The van der Waals surface area contributed by atoms with E-state index >= 15 is 0 Å². The molecule has 0 aliphatic carbocycles. The molecule has 0 bridgehead atoms. The summed E-state index contributed by atoms with van der Waals surface area (Å²) < 4.78 is 0. The fraction of sp³-hybridized carbons (Fsp3) is 0.290. The predicted octanol–water partition coefficient (Wildman–Crippen LogP) is 2.63. The first kappa shape index (κ1) is 28.7. The van der Waals surface area contributed by atoms with Crippen molar-refractivity contribution in [1.82, 2.24) is 16.0 Å². The fourth-order valence-electron chi connectivity index (χ4n) is 5.31. The summed E-state index contributed by atoms with van der Waals surface area (Å²) in [7, 11) is 0. The Morgan fingerprint density at radius 2 is 1.62 bits per heavy atom. The van der Waals surface area contributed by atoms with Crippen molar-refractivity contribution in [3.05, 3.63) is 107 Å². The molecule has 1 fully saturated rings. The van der Waals surface area contributed by atoms with Gasteiger partial charge in [0.15, 0.2) is 5.78 Å². The van der Waals surface area contributed by atoms with Gasteiger partial charge in [0.25, 0.3) is 0 Å². The number of hydrogen-bond donors (Lipinski definition) is 6. The van der Waals surface area contributed by atoms with Crippen LogP contribution in [0, 0.1) is 12.3 Å². The number of carbonyl (C=O) groups is 3. The molecule has 1 heterocycles. The number of benzene rings is 3. The highest BCUT2D eigenvalue weighted by Crippen LogP contribution is 2.30. The summed E-state index contributed by atoms with van der Waals surface area (Å²) in [6.45, 7) is 2.07. The molecule has 3 atom stereocenters.